The highest BCUT2D eigenvalue weighted by Gasteiger charge is 2.22. The number of hydrazone groups is 1. The number of aromatic amines is 1. The number of carbonyl (C=O) groups is 3. The van der Waals surface area contributed by atoms with Crippen LogP contribution in [0.2, 0.25) is 10.2 Å². The summed E-state index contributed by atoms with van der Waals surface area (Å²) in [5.41, 5.74) is 2.96. The number of imidazole rings is 1. The lowest BCUT2D eigenvalue weighted by Gasteiger charge is -2.15. The van der Waals surface area contributed by atoms with Crippen molar-refractivity contribution >= 4 is 71.1 Å². The monoisotopic (exact) mass is 642 g/mol. The number of rotatable bonds is 7. The first-order chi connectivity index (χ1) is 21.2. The summed E-state index contributed by atoms with van der Waals surface area (Å²) in [7, 11) is 3.10. The number of H-pyrrole nitrogens is 1. The molecule has 3 heterocycles. The van der Waals surface area contributed by atoms with Gasteiger partial charge in [0.2, 0.25) is 11.8 Å². The van der Waals surface area contributed by atoms with Crippen molar-refractivity contribution in [3.8, 4) is 11.3 Å². The van der Waals surface area contributed by atoms with Crippen molar-refractivity contribution in [3.05, 3.63) is 70.3 Å². The lowest BCUT2D eigenvalue weighted by Crippen LogP contribution is -2.31. The first-order valence-corrected chi connectivity index (χ1v) is 13.9. The molecule has 4 rings (SSSR count). The highest BCUT2D eigenvalue weighted by Crippen LogP contribution is 2.35. The number of allylic oxidation sites excluding steroid dienone is 1. The Hall–Kier alpha value is -4.92. The second-order valence-corrected chi connectivity index (χ2v) is 9.87. The van der Waals surface area contributed by atoms with Crippen LogP contribution >= 0.6 is 23.2 Å². The second kappa shape index (κ2) is 16.6. The Bertz CT molecular complexity index is 1560. The molecular formula is C28H32Cl2N10O4. The number of ether oxygens (including phenoxy) is 1. The molecule has 0 radical (unpaired) electrons. The van der Waals surface area contributed by atoms with Gasteiger partial charge >= 0.3 is 0 Å². The number of aromatic nitrogens is 3. The number of hydrogen-bond acceptors (Lipinski definition) is 10. The Labute approximate surface area is 263 Å². The molecule has 16 heteroatoms. The van der Waals surface area contributed by atoms with Crippen molar-refractivity contribution in [3.63, 3.8) is 0 Å². The molecule has 232 valence electrons. The number of halogens is 2. The van der Waals surface area contributed by atoms with Gasteiger partial charge in [0, 0.05) is 42.6 Å². The van der Waals surface area contributed by atoms with Gasteiger partial charge in [-0.3, -0.25) is 14.4 Å². The molecule has 1 atom stereocenters. The number of pyridine rings is 1. The molecule has 0 spiro atoms. The summed E-state index contributed by atoms with van der Waals surface area (Å²) in [5.74, 6) is 11.3. The summed E-state index contributed by atoms with van der Waals surface area (Å²) >= 11 is 12.7. The molecule has 1 aliphatic rings. The molecule has 0 aliphatic carbocycles. The van der Waals surface area contributed by atoms with Gasteiger partial charge in [0.25, 0.3) is 6.47 Å². The van der Waals surface area contributed by atoms with E-state index < -0.39 is 11.9 Å². The van der Waals surface area contributed by atoms with Crippen LogP contribution in [0.3, 0.4) is 0 Å². The van der Waals surface area contributed by atoms with Gasteiger partial charge in [-0.25, -0.2) is 20.8 Å². The number of amides is 2. The zero-order chi connectivity index (χ0) is 32.1. The van der Waals surface area contributed by atoms with Crippen LogP contribution in [0.25, 0.3) is 17.3 Å². The number of methoxy groups -OCH3 is 1. The van der Waals surface area contributed by atoms with E-state index in [0.29, 0.717) is 64.9 Å². The zero-order valence-corrected chi connectivity index (χ0v) is 25.4. The molecule has 3 aromatic rings. The van der Waals surface area contributed by atoms with E-state index in [-0.39, 0.29) is 11.1 Å². The average Bonchev–Trinajstić information content (AvgIpc) is 3.40. The number of benzene rings is 1. The van der Waals surface area contributed by atoms with Crippen LogP contribution < -0.4 is 32.6 Å². The number of nitrogens with zero attached hydrogens (tertiary/aromatic N) is 4. The quantitative estimate of drug-likeness (QED) is 0.0418. The summed E-state index contributed by atoms with van der Waals surface area (Å²) in [6.07, 6.45) is 10.5. The molecular weight excluding hydrogens is 611 g/mol. The maximum Gasteiger partial charge on any atom is 0.292 e. The lowest BCUT2D eigenvalue weighted by atomic mass is 10.1. The molecule has 1 aromatic carbocycles. The fourth-order valence-electron chi connectivity index (χ4n) is 4.04. The Kier molecular flexibility index (Phi) is 12.7. The second-order valence-electron chi connectivity index (χ2n) is 9.05. The number of hydrogen-bond donors (Lipinski definition) is 6. The van der Waals surface area contributed by atoms with Crippen LogP contribution in [0.4, 0.5) is 17.2 Å². The van der Waals surface area contributed by atoms with Crippen LogP contribution in [0.1, 0.15) is 36.7 Å². The standard InChI is InChI=1S/C26H28Cl2N10O2.C2H4O2/c1-31-17-8-9-18-20(12-17)35-21(39)6-4-2-3-5-19(25-36-23(18)24(28)37-25)34-22(40)10-7-15-11-16(27)13-32-26(15)38(30)14-33-29;1-4-2-3/h2-3,7-14,19,31H,4-6,29-30H2,1H3,(H,34,40)(H,35,39)(H,36,37);2H,1H3/b3-2+,10-7+,33-14-;/t19-;/m0./s1. The summed E-state index contributed by atoms with van der Waals surface area (Å²) in [6, 6.07) is 6.56. The smallest absolute Gasteiger partial charge is 0.292 e. The molecule has 0 unspecified atom stereocenters. The molecule has 14 nitrogen and oxygen atoms in total. The third-order valence-electron chi connectivity index (χ3n) is 6.05. The van der Waals surface area contributed by atoms with Crippen LogP contribution in [0.15, 0.2) is 53.8 Å². The van der Waals surface area contributed by atoms with E-state index in [0.717, 1.165) is 10.7 Å². The predicted octanol–water partition coefficient (Wildman–Crippen LogP) is 3.74. The van der Waals surface area contributed by atoms with Gasteiger partial charge < -0.3 is 31.5 Å². The number of hydrazine groups is 1. The molecule has 0 saturated heterocycles. The average molecular weight is 644 g/mol. The minimum absolute atomic E-state index is 0.135. The fourth-order valence-corrected chi connectivity index (χ4v) is 4.44. The van der Waals surface area contributed by atoms with E-state index in [2.05, 4.69) is 35.8 Å². The van der Waals surface area contributed by atoms with E-state index in [1.165, 1.54) is 31.8 Å². The van der Waals surface area contributed by atoms with Crippen molar-refractivity contribution < 1.29 is 19.1 Å². The maximum atomic E-state index is 13.0. The van der Waals surface area contributed by atoms with E-state index in [4.69, 9.17) is 44.7 Å². The SMILES string of the molecule is CNc1ccc2c(c1)NC(=O)CC/C=C/C[C@H](NC(=O)/C=C/c1cc(Cl)cnc1N(N)/C=N\N)c1nc-2c(Cl)[nH]1.COC=O. The highest BCUT2D eigenvalue weighted by atomic mass is 35.5. The number of nitrogens with one attached hydrogen (secondary N) is 4. The minimum atomic E-state index is -0.545. The van der Waals surface area contributed by atoms with Crippen molar-refractivity contribution in [2.24, 2.45) is 16.8 Å². The summed E-state index contributed by atoms with van der Waals surface area (Å²) in [4.78, 5) is 46.5. The van der Waals surface area contributed by atoms with Gasteiger partial charge in [-0.05, 0) is 43.2 Å². The van der Waals surface area contributed by atoms with Crippen molar-refractivity contribution in [2.45, 2.75) is 25.3 Å². The minimum Gasteiger partial charge on any atom is -0.471 e. The third-order valence-corrected chi connectivity index (χ3v) is 6.53. The molecule has 2 bridgehead atoms. The fraction of sp³-hybridized carbons (Fsp3) is 0.214. The van der Waals surface area contributed by atoms with Crippen LogP contribution in [0, 0.1) is 0 Å². The van der Waals surface area contributed by atoms with Gasteiger partial charge in [0.05, 0.1) is 23.9 Å². The molecule has 2 amide bonds. The van der Waals surface area contributed by atoms with Gasteiger partial charge in [-0.15, -0.1) is 0 Å². The Morgan fingerprint density at radius 2 is 2.05 bits per heavy atom. The first-order valence-electron chi connectivity index (χ1n) is 13.1. The largest absolute Gasteiger partial charge is 0.471 e. The van der Waals surface area contributed by atoms with Crippen molar-refractivity contribution in [1.82, 2.24) is 20.3 Å². The number of anilines is 3. The van der Waals surface area contributed by atoms with E-state index in [1.807, 2.05) is 30.4 Å². The highest BCUT2D eigenvalue weighted by molar-refractivity contribution is 6.32. The van der Waals surface area contributed by atoms with Gasteiger partial charge in [-0.2, -0.15) is 5.10 Å². The van der Waals surface area contributed by atoms with Gasteiger partial charge in [-0.1, -0.05) is 35.4 Å². The lowest BCUT2D eigenvalue weighted by molar-refractivity contribution is -0.126. The Morgan fingerprint density at radius 3 is 2.75 bits per heavy atom. The number of nitrogens with two attached hydrogens (primary N) is 2. The normalized spacial score (nSPS) is 15.4. The zero-order valence-electron chi connectivity index (χ0n) is 23.9. The molecule has 1 aliphatic heterocycles. The topological polar surface area (TPSA) is 206 Å². The van der Waals surface area contributed by atoms with Crippen LogP contribution in [-0.4, -0.2) is 53.7 Å². The molecule has 44 heavy (non-hydrogen) atoms. The third kappa shape index (κ3) is 9.29. The number of carbonyl (C=O) groups excluding carboxylic acids is 3. The predicted molar refractivity (Wildman–Crippen MR) is 172 cm³/mol. The summed E-state index contributed by atoms with van der Waals surface area (Å²) < 4.78 is 3.86. The summed E-state index contributed by atoms with van der Waals surface area (Å²) in [5, 5.41) is 14.1. The molecule has 2 aromatic heterocycles. The Morgan fingerprint density at radius 1 is 1.27 bits per heavy atom. The maximum absolute atomic E-state index is 13.0. The van der Waals surface area contributed by atoms with Crippen LogP contribution in [-0.2, 0) is 19.1 Å². The van der Waals surface area contributed by atoms with Crippen molar-refractivity contribution in [2.75, 3.05) is 29.8 Å². The van der Waals surface area contributed by atoms with E-state index in [1.54, 1.807) is 13.1 Å². The van der Waals surface area contributed by atoms with Crippen molar-refractivity contribution in [1.29, 1.82) is 0 Å². The van der Waals surface area contributed by atoms with Crippen LogP contribution in [0.5, 0.6) is 0 Å². The summed E-state index contributed by atoms with van der Waals surface area (Å²) in [6.45, 7) is 0.375. The Balaban J connectivity index is 0.00000124. The molecule has 0 saturated carbocycles. The van der Waals surface area contributed by atoms with E-state index in [9.17, 15) is 9.59 Å². The first kappa shape index (κ1) is 33.6. The molecule has 0 fully saturated rings. The number of fused-ring (bicyclic) bond motifs is 4. The molecule has 8 N–H and O–H groups in total. The van der Waals surface area contributed by atoms with Gasteiger partial charge in [0.1, 0.15) is 23.0 Å². The van der Waals surface area contributed by atoms with E-state index >= 15 is 0 Å². The van der Waals surface area contributed by atoms with Gasteiger partial charge in [0.15, 0.2) is 5.82 Å².